The van der Waals surface area contributed by atoms with E-state index in [1.807, 2.05) is 0 Å². The van der Waals surface area contributed by atoms with Gasteiger partial charge in [-0.3, -0.25) is 4.79 Å². The van der Waals surface area contributed by atoms with Gasteiger partial charge in [-0.2, -0.15) is 13.2 Å². The van der Waals surface area contributed by atoms with Crippen molar-refractivity contribution in [1.82, 2.24) is 0 Å². The molecule has 24 heavy (non-hydrogen) atoms. The summed E-state index contributed by atoms with van der Waals surface area (Å²) in [4.78, 5) is 12.2. The molecule has 0 bridgehead atoms. The van der Waals surface area contributed by atoms with Crippen LogP contribution in [-0.4, -0.2) is 19.0 Å². The number of rotatable bonds is 3. The molecular formula is C16H15F5O3. The first-order valence-corrected chi connectivity index (χ1v) is 7.36. The number of carbonyl (C=O) groups is 1. The zero-order valence-electron chi connectivity index (χ0n) is 12.9. The summed E-state index contributed by atoms with van der Waals surface area (Å²) in [5, 5.41) is 0. The highest BCUT2D eigenvalue weighted by Crippen LogP contribution is 2.61. The Labute approximate surface area is 134 Å². The molecule has 3 atom stereocenters. The van der Waals surface area contributed by atoms with E-state index in [2.05, 4.69) is 0 Å². The largest absolute Gasteiger partial charge is 0.488 e. The van der Waals surface area contributed by atoms with Gasteiger partial charge in [0, 0.05) is 11.5 Å². The van der Waals surface area contributed by atoms with Crippen LogP contribution in [0.3, 0.4) is 0 Å². The SMILES string of the molecule is CC1(C)C(C(=O)OC2COc3c2cccc3C(F)(F)F)[C@H]1C(F)F. The van der Waals surface area contributed by atoms with Gasteiger partial charge in [0.25, 0.3) is 0 Å². The highest BCUT2D eigenvalue weighted by atomic mass is 19.4. The Morgan fingerprint density at radius 3 is 2.54 bits per heavy atom. The fourth-order valence-electron chi connectivity index (χ4n) is 3.35. The Balaban J connectivity index is 1.78. The van der Waals surface area contributed by atoms with E-state index < -0.39 is 47.5 Å². The van der Waals surface area contributed by atoms with Crippen molar-refractivity contribution in [3.63, 3.8) is 0 Å². The van der Waals surface area contributed by atoms with Crippen LogP contribution in [0.15, 0.2) is 18.2 Å². The lowest BCUT2D eigenvalue weighted by Crippen LogP contribution is -2.16. The maximum Gasteiger partial charge on any atom is 0.419 e. The van der Waals surface area contributed by atoms with Gasteiger partial charge in [-0.1, -0.05) is 26.0 Å². The van der Waals surface area contributed by atoms with Crippen LogP contribution in [0.4, 0.5) is 22.0 Å². The summed E-state index contributed by atoms with van der Waals surface area (Å²) in [6.45, 7) is 2.81. The minimum atomic E-state index is -4.59. The molecule has 1 aromatic rings. The van der Waals surface area contributed by atoms with E-state index in [4.69, 9.17) is 9.47 Å². The molecule has 1 saturated carbocycles. The minimum Gasteiger partial charge on any atom is -0.488 e. The molecule has 1 aliphatic carbocycles. The molecule has 0 spiro atoms. The molecule has 1 aliphatic heterocycles. The first-order chi connectivity index (χ1) is 11.0. The lowest BCUT2D eigenvalue weighted by Gasteiger charge is -2.13. The molecule has 3 rings (SSSR count). The molecule has 1 fully saturated rings. The third-order valence-electron chi connectivity index (χ3n) is 4.77. The van der Waals surface area contributed by atoms with Crippen molar-refractivity contribution in [3.05, 3.63) is 29.3 Å². The number of hydrogen-bond acceptors (Lipinski definition) is 3. The molecule has 132 valence electrons. The van der Waals surface area contributed by atoms with Crippen molar-refractivity contribution in [2.24, 2.45) is 17.3 Å². The van der Waals surface area contributed by atoms with E-state index in [-0.39, 0.29) is 17.9 Å². The van der Waals surface area contributed by atoms with Crippen molar-refractivity contribution >= 4 is 5.97 Å². The molecule has 0 radical (unpaired) electrons. The Bertz CT molecular complexity index is 668. The van der Waals surface area contributed by atoms with Crippen molar-refractivity contribution in [2.45, 2.75) is 32.6 Å². The molecule has 3 nitrogen and oxygen atoms in total. The molecular weight excluding hydrogens is 335 g/mol. The average Bonchev–Trinajstić information content (AvgIpc) is 2.84. The molecule has 1 heterocycles. The van der Waals surface area contributed by atoms with Gasteiger partial charge in [-0.05, 0) is 11.5 Å². The van der Waals surface area contributed by atoms with Gasteiger partial charge in [0.05, 0.1) is 11.5 Å². The molecule has 2 aliphatic rings. The summed E-state index contributed by atoms with van der Waals surface area (Å²) >= 11 is 0. The van der Waals surface area contributed by atoms with Gasteiger partial charge in [0.15, 0.2) is 6.10 Å². The zero-order chi connectivity index (χ0) is 17.9. The number of halogens is 5. The summed E-state index contributed by atoms with van der Waals surface area (Å²) in [7, 11) is 0. The molecule has 0 saturated heterocycles. The molecule has 2 unspecified atom stereocenters. The smallest absolute Gasteiger partial charge is 0.419 e. The van der Waals surface area contributed by atoms with E-state index in [1.54, 1.807) is 0 Å². The van der Waals surface area contributed by atoms with E-state index in [9.17, 15) is 26.7 Å². The van der Waals surface area contributed by atoms with E-state index >= 15 is 0 Å². The number of alkyl halides is 5. The number of benzene rings is 1. The third kappa shape index (κ3) is 2.61. The number of ether oxygens (including phenoxy) is 2. The fraction of sp³-hybridized carbons (Fsp3) is 0.562. The van der Waals surface area contributed by atoms with Gasteiger partial charge < -0.3 is 9.47 Å². The average molecular weight is 350 g/mol. The van der Waals surface area contributed by atoms with Crippen molar-refractivity contribution in [3.8, 4) is 5.75 Å². The number of fused-ring (bicyclic) bond motifs is 1. The second-order valence-electron chi connectivity index (χ2n) is 6.62. The van der Waals surface area contributed by atoms with E-state index in [0.29, 0.717) is 0 Å². The molecule has 0 amide bonds. The van der Waals surface area contributed by atoms with E-state index in [1.165, 1.54) is 26.0 Å². The van der Waals surface area contributed by atoms with Crippen LogP contribution in [0, 0.1) is 17.3 Å². The molecule has 1 aromatic carbocycles. The fourth-order valence-corrected chi connectivity index (χ4v) is 3.35. The lowest BCUT2D eigenvalue weighted by molar-refractivity contribution is -0.153. The van der Waals surface area contributed by atoms with Gasteiger partial charge >= 0.3 is 12.1 Å². The van der Waals surface area contributed by atoms with Crippen LogP contribution < -0.4 is 4.74 Å². The maximum atomic E-state index is 12.9. The Morgan fingerprint density at radius 1 is 1.33 bits per heavy atom. The normalized spacial score (nSPS) is 27.6. The monoisotopic (exact) mass is 350 g/mol. The van der Waals surface area contributed by atoms with Crippen LogP contribution in [-0.2, 0) is 15.7 Å². The van der Waals surface area contributed by atoms with Crippen molar-refractivity contribution in [2.75, 3.05) is 6.61 Å². The van der Waals surface area contributed by atoms with Gasteiger partial charge in [0.1, 0.15) is 12.4 Å². The lowest BCUT2D eigenvalue weighted by atomic mass is 10.1. The highest BCUT2D eigenvalue weighted by molar-refractivity contribution is 5.78. The van der Waals surface area contributed by atoms with Crippen LogP contribution in [0.2, 0.25) is 0 Å². The summed E-state index contributed by atoms with van der Waals surface area (Å²) in [6, 6.07) is 3.44. The topological polar surface area (TPSA) is 35.5 Å². The Kier molecular flexibility index (Phi) is 3.77. The number of hydrogen-bond donors (Lipinski definition) is 0. The molecule has 0 N–H and O–H groups in total. The maximum absolute atomic E-state index is 12.9. The molecule has 8 heteroatoms. The third-order valence-corrected chi connectivity index (χ3v) is 4.77. The Hall–Kier alpha value is -1.86. The predicted molar refractivity (Wildman–Crippen MR) is 72.5 cm³/mol. The van der Waals surface area contributed by atoms with Crippen molar-refractivity contribution < 1.29 is 36.2 Å². The first-order valence-electron chi connectivity index (χ1n) is 7.36. The summed E-state index contributed by atoms with van der Waals surface area (Å²) < 4.78 is 74.9. The summed E-state index contributed by atoms with van der Waals surface area (Å²) in [6.07, 6.45) is -8.27. The van der Waals surface area contributed by atoms with Crippen LogP contribution in [0.25, 0.3) is 0 Å². The van der Waals surface area contributed by atoms with Crippen LogP contribution >= 0.6 is 0 Å². The standard InChI is InChI=1S/C16H15F5O3/c1-15(2)10(13(17)18)11(15)14(22)24-9-6-23-12-7(9)4-3-5-8(12)16(19,20)21/h3-5,9-11,13H,6H2,1-2H3/t9?,10-,11?/m0/s1. The second-order valence-corrected chi connectivity index (χ2v) is 6.62. The summed E-state index contributed by atoms with van der Waals surface area (Å²) in [5.41, 5.74) is -1.73. The number of para-hydroxylation sites is 1. The van der Waals surface area contributed by atoms with Crippen LogP contribution in [0.1, 0.15) is 31.1 Å². The zero-order valence-corrected chi connectivity index (χ0v) is 12.9. The van der Waals surface area contributed by atoms with E-state index in [0.717, 1.165) is 6.07 Å². The van der Waals surface area contributed by atoms with Gasteiger partial charge in [0.2, 0.25) is 6.43 Å². The highest BCUT2D eigenvalue weighted by Gasteiger charge is 2.67. The first kappa shape index (κ1) is 17.0. The van der Waals surface area contributed by atoms with Gasteiger partial charge in [-0.15, -0.1) is 0 Å². The minimum absolute atomic E-state index is 0.102. The number of carbonyl (C=O) groups excluding carboxylic acids is 1. The van der Waals surface area contributed by atoms with Crippen LogP contribution in [0.5, 0.6) is 5.75 Å². The molecule has 0 aromatic heterocycles. The van der Waals surface area contributed by atoms with Crippen molar-refractivity contribution in [1.29, 1.82) is 0 Å². The number of esters is 1. The second kappa shape index (κ2) is 5.32. The summed E-state index contributed by atoms with van der Waals surface area (Å²) in [5.74, 6) is -3.27. The quantitative estimate of drug-likeness (QED) is 0.605. The predicted octanol–water partition coefficient (Wildman–Crippen LogP) is 4.22. The van der Waals surface area contributed by atoms with Gasteiger partial charge in [-0.25, -0.2) is 8.78 Å². The Morgan fingerprint density at radius 2 is 2.00 bits per heavy atom.